The minimum atomic E-state index is 0.264. The largest absolute Gasteiger partial charge is 0.295 e. The van der Waals surface area contributed by atoms with Crippen molar-refractivity contribution in [3.63, 3.8) is 0 Å². The van der Waals surface area contributed by atoms with Crippen LogP contribution in [0.4, 0.5) is 0 Å². The second kappa shape index (κ2) is 3.21. The van der Waals surface area contributed by atoms with Gasteiger partial charge in [-0.25, -0.2) is 0 Å². The molecule has 0 spiro atoms. The summed E-state index contributed by atoms with van der Waals surface area (Å²) in [7, 11) is 0. The van der Waals surface area contributed by atoms with Gasteiger partial charge in [0.2, 0.25) is 0 Å². The lowest BCUT2D eigenvalue weighted by molar-refractivity contribution is -0.119. The molecule has 1 aliphatic carbocycles. The van der Waals surface area contributed by atoms with Crippen LogP contribution < -0.4 is 0 Å². The van der Waals surface area contributed by atoms with E-state index in [1.165, 1.54) is 0 Å². The average Bonchev–Trinajstić information content (AvgIpc) is 2.30. The Balaban J connectivity index is 2.65. The van der Waals surface area contributed by atoms with Crippen LogP contribution in [0, 0.1) is 17.8 Å². The molecule has 1 aliphatic rings. The van der Waals surface area contributed by atoms with Crippen LogP contribution in [0.3, 0.4) is 0 Å². The lowest BCUT2D eigenvalue weighted by atomic mass is 9.83. The molecule has 1 nitrogen and oxygen atoms in total. The molecule has 3 atom stereocenters. The predicted molar refractivity (Wildman–Crippen MR) is 46.3 cm³/mol. The van der Waals surface area contributed by atoms with Crippen molar-refractivity contribution in [3.05, 3.63) is 12.2 Å². The number of carbonyl (C=O) groups is 1. The van der Waals surface area contributed by atoms with E-state index in [1.807, 2.05) is 6.08 Å². The minimum absolute atomic E-state index is 0.264. The van der Waals surface area contributed by atoms with E-state index in [4.69, 9.17) is 0 Å². The van der Waals surface area contributed by atoms with Gasteiger partial charge in [-0.15, -0.1) is 0 Å². The molecular weight excluding hydrogens is 136 g/mol. The SMILES string of the molecule is CCC(C)C1C(=O)C=C[C@@H]1C. The van der Waals surface area contributed by atoms with Crippen LogP contribution in [0.2, 0.25) is 0 Å². The van der Waals surface area contributed by atoms with Crippen molar-refractivity contribution in [2.45, 2.75) is 27.2 Å². The third kappa shape index (κ3) is 1.52. The van der Waals surface area contributed by atoms with Crippen molar-refractivity contribution in [2.24, 2.45) is 17.8 Å². The Hall–Kier alpha value is -0.590. The summed E-state index contributed by atoms with van der Waals surface area (Å²) in [5.74, 6) is 1.58. The first kappa shape index (κ1) is 8.51. The Kier molecular flexibility index (Phi) is 2.48. The van der Waals surface area contributed by atoms with Crippen LogP contribution in [-0.2, 0) is 4.79 Å². The summed E-state index contributed by atoms with van der Waals surface area (Å²) >= 11 is 0. The van der Waals surface area contributed by atoms with E-state index in [0.717, 1.165) is 6.42 Å². The molecule has 1 rings (SSSR count). The topological polar surface area (TPSA) is 17.1 Å². The Bertz CT molecular complexity index is 181. The van der Waals surface area contributed by atoms with Gasteiger partial charge in [-0.1, -0.05) is 33.3 Å². The molecule has 0 heterocycles. The third-order valence-corrected chi connectivity index (χ3v) is 2.72. The zero-order chi connectivity index (χ0) is 8.43. The molecule has 11 heavy (non-hydrogen) atoms. The van der Waals surface area contributed by atoms with Crippen molar-refractivity contribution in [1.29, 1.82) is 0 Å². The van der Waals surface area contributed by atoms with Gasteiger partial charge in [0.05, 0.1) is 0 Å². The highest BCUT2D eigenvalue weighted by molar-refractivity contribution is 5.94. The summed E-state index contributed by atoms with van der Waals surface area (Å²) in [6, 6.07) is 0. The van der Waals surface area contributed by atoms with E-state index < -0.39 is 0 Å². The van der Waals surface area contributed by atoms with Crippen molar-refractivity contribution >= 4 is 5.78 Å². The summed E-state index contributed by atoms with van der Waals surface area (Å²) in [6.45, 7) is 6.42. The Labute approximate surface area is 68.5 Å². The second-order valence-electron chi connectivity index (χ2n) is 3.53. The third-order valence-electron chi connectivity index (χ3n) is 2.72. The van der Waals surface area contributed by atoms with E-state index in [-0.39, 0.29) is 5.92 Å². The average molecular weight is 152 g/mol. The number of ketones is 1. The zero-order valence-corrected chi connectivity index (χ0v) is 7.50. The fourth-order valence-corrected chi connectivity index (χ4v) is 1.79. The van der Waals surface area contributed by atoms with Crippen LogP contribution in [0.15, 0.2) is 12.2 Å². The van der Waals surface area contributed by atoms with Crippen LogP contribution in [0.5, 0.6) is 0 Å². The number of rotatable bonds is 2. The molecule has 0 aliphatic heterocycles. The van der Waals surface area contributed by atoms with Gasteiger partial charge in [-0.2, -0.15) is 0 Å². The summed E-state index contributed by atoms with van der Waals surface area (Å²) in [5.41, 5.74) is 0. The summed E-state index contributed by atoms with van der Waals surface area (Å²) in [6.07, 6.45) is 4.86. The van der Waals surface area contributed by atoms with Crippen LogP contribution >= 0.6 is 0 Å². The van der Waals surface area contributed by atoms with Gasteiger partial charge < -0.3 is 0 Å². The molecule has 0 aromatic heterocycles. The highest BCUT2D eigenvalue weighted by Gasteiger charge is 2.30. The normalized spacial score (nSPS) is 32.8. The maximum Gasteiger partial charge on any atom is 0.159 e. The van der Waals surface area contributed by atoms with E-state index in [1.54, 1.807) is 6.08 Å². The fourth-order valence-electron chi connectivity index (χ4n) is 1.79. The predicted octanol–water partition coefficient (Wildman–Crippen LogP) is 2.42. The Morgan fingerprint density at radius 3 is 2.64 bits per heavy atom. The fraction of sp³-hybridized carbons (Fsp3) is 0.700. The van der Waals surface area contributed by atoms with E-state index in [0.29, 0.717) is 17.6 Å². The van der Waals surface area contributed by atoms with Gasteiger partial charge in [0.1, 0.15) is 0 Å². The highest BCUT2D eigenvalue weighted by atomic mass is 16.1. The number of hydrogen-bond donors (Lipinski definition) is 0. The first-order valence-corrected chi connectivity index (χ1v) is 4.38. The van der Waals surface area contributed by atoms with Gasteiger partial charge in [0.15, 0.2) is 5.78 Å². The number of hydrogen-bond acceptors (Lipinski definition) is 1. The molecule has 1 heteroatoms. The standard InChI is InChI=1S/C10H16O/c1-4-7(2)10-8(3)5-6-9(10)11/h5-8,10H,4H2,1-3H3/t7?,8-,10?/m0/s1. The van der Waals surface area contributed by atoms with Crippen molar-refractivity contribution < 1.29 is 4.79 Å². The monoisotopic (exact) mass is 152 g/mol. The molecule has 0 N–H and O–H groups in total. The molecule has 0 fully saturated rings. The van der Waals surface area contributed by atoms with Crippen molar-refractivity contribution in [2.75, 3.05) is 0 Å². The quantitative estimate of drug-likeness (QED) is 0.594. The van der Waals surface area contributed by atoms with Crippen molar-refractivity contribution in [3.8, 4) is 0 Å². The molecule has 0 aromatic rings. The maximum absolute atomic E-state index is 11.3. The molecule has 2 unspecified atom stereocenters. The van der Waals surface area contributed by atoms with E-state index in [2.05, 4.69) is 20.8 Å². The molecule has 0 radical (unpaired) electrons. The molecular formula is C10H16O. The summed E-state index contributed by atoms with van der Waals surface area (Å²) < 4.78 is 0. The second-order valence-corrected chi connectivity index (χ2v) is 3.53. The van der Waals surface area contributed by atoms with Gasteiger partial charge in [0, 0.05) is 5.92 Å². The summed E-state index contributed by atoms with van der Waals surface area (Å²) in [4.78, 5) is 11.3. The first-order valence-electron chi connectivity index (χ1n) is 4.38. The maximum atomic E-state index is 11.3. The van der Waals surface area contributed by atoms with Crippen molar-refractivity contribution in [1.82, 2.24) is 0 Å². The lowest BCUT2D eigenvalue weighted by Gasteiger charge is -2.20. The van der Waals surface area contributed by atoms with E-state index >= 15 is 0 Å². The van der Waals surface area contributed by atoms with Gasteiger partial charge in [0.25, 0.3) is 0 Å². The zero-order valence-electron chi connectivity index (χ0n) is 7.50. The number of carbonyl (C=O) groups excluding carboxylic acids is 1. The lowest BCUT2D eigenvalue weighted by Crippen LogP contribution is -2.21. The van der Waals surface area contributed by atoms with E-state index in [9.17, 15) is 4.79 Å². The van der Waals surface area contributed by atoms with Crippen LogP contribution in [0.1, 0.15) is 27.2 Å². The van der Waals surface area contributed by atoms with Gasteiger partial charge in [-0.3, -0.25) is 4.79 Å². The highest BCUT2D eigenvalue weighted by Crippen LogP contribution is 2.30. The van der Waals surface area contributed by atoms with Crippen LogP contribution in [-0.4, -0.2) is 5.78 Å². The van der Waals surface area contributed by atoms with Crippen LogP contribution in [0.25, 0.3) is 0 Å². The molecule has 62 valence electrons. The Morgan fingerprint density at radius 2 is 2.27 bits per heavy atom. The molecule has 0 bridgehead atoms. The molecule has 0 amide bonds. The van der Waals surface area contributed by atoms with Gasteiger partial charge in [-0.05, 0) is 17.9 Å². The molecule has 0 saturated heterocycles. The summed E-state index contributed by atoms with van der Waals surface area (Å²) in [5, 5.41) is 0. The molecule has 0 aromatic carbocycles. The number of allylic oxidation sites excluding steroid dienone is 2. The molecule has 0 saturated carbocycles. The Morgan fingerprint density at radius 1 is 1.64 bits per heavy atom. The first-order chi connectivity index (χ1) is 5.16. The minimum Gasteiger partial charge on any atom is -0.295 e. The van der Waals surface area contributed by atoms with Gasteiger partial charge >= 0.3 is 0 Å². The smallest absolute Gasteiger partial charge is 0.159 e.